The summed E-state index contributed by atoms with van der Waals surface area (Å²) in [6.07, 6.45) is -0.665. The van der Waals surface area contributed by atoms with E-state index in [1.54, 1.807) is 0 Å². The van der Waals surface area contributed by atoms with Gasteiger partial charge in [0.2, 0.25) is 0 Å². The standard InChI is InChI=1S/C17H14F2N2O2/c18-15-9-13(20)10-16(19)14(15)7-4-8-21-17(22)23-11-12-5-2-1-3-6-12/h1-3,5-6,9-10H,8,11,20H2,(H,21,22). The van der Waals surface area contributed by atoms with Gasteiger partial charge in [-0.05, 0) is 17.7 Å². The average Bonchev–Trinajstić information content (AvgIpc) is 2.52. The van der Waals surface area contributed by atoms with Crippen molar-refractivity contribution in [1.82, 2.24) is 5.32 Å². The number of alkyl carbamates (subject to hydrolysis) is 1. The van der Waals surface area contributed by atoms with Crippen LogP contribution in [0.1, 0.15) is 11.1 Å². The molecule has 3 N–H and O–H groups in total. The van der Waals surface area contributed by atoms with Crippen LogP contribution in [0.5, 0.6) is 0 Å². The molecule has 0 aliphatic rings. The molecule has 2 rings (SSSR count). The summed E-state index contributed by atoms with van der Waals surface area (Å²) in [7, 11) is 0. The van der Waals surface area contributed by atoms with E-state index in [0.29, 0.717) is 0 Å². The van der Waals surface area contributed by atoms with Crippen molar-refractivity contribution in [2.24, 2.45) is 0 Å². The van der Waals surface area contributed by atoms with Crippen LogP contribution in [-0.4, -0.2) is 12.6 Å². The lowest BCUT2D eigenvalue weighted by Gasteiger charge is -2.04. The summed E-state index contributed by atoms with van der Waals surface area (Å²) in [5.41, 5.74) is 5.74. The largest absolute Gasteiger partial charge is 0.445 e. The van der Waals surface area contributed by atoms with Crippen molar-refractivity contribution in [1.29, 1.82) is 0 Å². The summed E-state index contributed by atoms with van der Waals surface area (Å²) < 4.78 is 31.9. The fourth-order valence-corrected chi connectivity index (χ4v) is 1.74. The average molecular weight is 316 g/mol. The quantitative estimate of drug-likeness (QED) is 0.676. The maximum absolute atomic E-state index is 13.5. The van der Waals surface area contributed by atoms with E-state index in [1.807, 2.05) is 30.3 Å². The van der Waals surface area contributed by atoms with Crippen molar-refractivity contribution in [3.63, 3.8) is 0 Å². The number of rotatable bonds is 3. The van der Waals surface area contributed by atoms with Crippen LogP contribution in [0.4, 0.5) is 19.3 Å². The number of nitrogens with one attached hydrogen (secondary N) is 1. The Labute approximate surface area is 132 Å². The van der Waals surface area contributed by atoms with Gasteiger partial charge < -0.3 is 15.8 Å². The van der Waals surface area contributed by atoms with E-state index in [9.17, 15) is 13.6 Å². The van der Waals surface area contributed by atoms with Gasteiger partial charge in [-0.3, -0.25) is 0 Å². The molecule has 0 spiro atoms. The minimum Gasteiger partial charge on any atom is -0.445 e. The molecule has 23 heavy (non-hydrogen) atoms. The van der Waals surface area contributed by atoms with Gasteiger partial charge >= 0.3 is 6.09 Å². The van der Waals surface area contributed by atoms with Gasteiger partial charge in [0.25, 0.3) is 0 Å². The first-order valence-electron chi connectivity index (χ1n) is 6.74. The number of hydrogen-bond acceptors (Lipinski definition) is 3. The van der Waals surface area contributed by atoms with Gasteiger partial charge in [-0.25, -0.2) is 13.6 Å². The van der Waals surface area contributed by atoms with Crippen LogP contribution in [0.2, 0.25) is 0 Å². The predicted octanol–water partition coefficient (Wildman–Crippen LogP) is 2.82. The van der Waals surface area contributed by atoms with Crippen molar-refractivity contribution in [3.05, 3.63) is 65.2 Å². The second-order valence-electron chi connectivity index (χ2n) is 4.58. The number of carbonyl (C=O) groups excluding carboxylic acids is 1. The van der Waals surface area contributed by atoms with Crippen molar-refractivity contribution >= 4 is 11.8 Å². The Hall–Kier alpha value is -3.07. The van der Waals surface area contributed by atoms with E-state index >= 15 is 0 Å². The van der Waals surface area contributed by atoms with Gasteiger partial charge in [0.1, 0.15) is 18.2 Å². The first-order valence-corrected chi connectivity index (χ1v) is 6.74. The fourth-order valence-electron chi connectivity index (χ4n) is 1.74. The SMILES string of the molecule is Nc1cc(F)c(C#CCNC(=O)OCc2ccccc2)c(F)c1. The third-order valence-corrected chi connectivity index (χ3v) is 2.81. The molecular weight excluding hydrogens is 302 g/mol. The Morgan fingerprint density at radius 2 is 1.83 bits per heavy atom. The number of amides is 1. The van der Waals surface area contributed by atoms with Crippen LogP contribution in [0, 0.1) is 23.5 Å². The van der Waals surface area contributed by atoms with E-state index in [4.69, 9.17) is 10.5 Å². The summed E-state index contributed by atoms with van der Waals surface area (Å²) in [6.45, 7) is 0.0260. The van der Waals surface area contributed by atoms with E-state index in [-0.39, 0.29) is 18.8 Å². The molecule has 2 aromatic rings. The molecule has 2 aromatic carbocycles. The number of carbonyl (C=O) groups is 1. The second-order valence-corrected chi connectivity index (χ2v) is 4.58. The Kier molecular flexibility index (Phi) is 5.53. The van der Waals surface area contributed by atoms with Crippen molar-refractivity contribution in [2.45, 2.75) is 6.61 Å². The van der Waals surface area contributed by atoms with Crippen LogP contribution in [0.15, 0.2) is 42.5 Å². The highest BCUT2D eigenvalue weighted by Gasteiger charge is 2.07. The molecule has 4 nitrogen and oxygen atoms in total. The number of halogens is 2. The zero-order chi connectivity index (χ0) is 16.7. The summed E-state index contributed by atoms with van der Waals surface area (Å²) >= 11 is 0. The third-order valence-electron chi connectivity index (χ3n) is 2.81. The second kappa shape index (κ2) is 7.80. The predicted molar refractivity (Wildman–Crippen MR) is 82.3 cm³/mol. The highest BCUT2D eigenvalue weighted by molar-refractivity contribution is 5.67. The zero-order valence-electron chi connectivity index (χ0n) is 12.1. The molecule has 0 saturated carbocycles. The minimum absolute atomic E-state index is 0.0202. The number of ether oxygens (including phenoxy) is 1. The third kappa shape index (κ3) is 5.00. The molecule has 0 aromatic heterocycles. The first-order chi connectivity index (χ1) is 11.1. The number of hydrogen-bond donors (Lipinski definition) is 2. The van der Waals surface area contributed by atoms with E-state index in [0.717, 1.165) is 17.7 Å². The molecule has 0 bridgehead atoms. The molecule has 0 atom stereocenters. The Morgan fingerprint density at radius 1 is 1.17 bits per heavy atom. The maximum atomic E-state index is 13.5. The zero-order valence-corrected chi connectivity index (χ0v) is 12.1. The highest BCUT2D eigenvalue weighted by atomic mass is 19.1. The van der Waals surface area contributed by atoms with E-state index < -0.39 is 23.3 Å². The van der Waals surface area contributed by atoms with E-state index in [2.05, 4.69) is 17.2 Å². The van der Waals surface area contributed by atoms with Gasteiger partial charge in [0, 0.05) is 5.69 Å². The van der Waals surface area contributed by atoms with Crippen LogP contribution >= 0.6 is 0 Å². The molecule has 0 aliphatic heterocycles. The molecule has 0 unspecified atom stereocenters. The van der Waals surface area contributed by atoms with Crippen molar-refractivity contribution in [2.75, 3.05) is 12.3 Å². The van der Waals surface area contributed by atoms with Gasteiger partial charge in [-0.15, -0.1) is 0 Å². The maximum Gasteiger partial charge on any atom is 0.408 e. The van der Waals surface area contributed by atoms with E-state index in [1.165, 1.54) is 0 Å². The molecule has 118 valence electrons. The van der Waals surface area contributed by atoms with Crippen LogP contribution in [0.3, 0.4) is 0 Å². The number of benzene rings is 2. The van der Waals surface area contributed by atoms with Crippen molar-refractivity contribution < 1.29 is 18.3 Å². The van der Waals surface area contributed by atoms with Gasteiger partial charge in [0.15, 0.2) is 0 Å². The molecule has 0 saturated heterocycles. The monoisotopic (exact) mass is 316 g/mol. The van der Waals surface area contributed by atoms with Gasteiger partial charge in [0.05, 0.1) is 12.1 Å². The fraction of sp³-hybridized carbons (Fsp3) is 0.118. The Morgan fingerprint density at radius 3 is 2.48 bits per heavy atom. The Balaban J connectivity index is 1.83. The molecule has 0 radical (unpaired) electrons. The molecule has 0 heterocycles. The highest BCUT2D eigenvalue weighted by Crippen LogP contribution is 2.15. The smallest absolute Gasteiger partial charge is 0.408 e. The minimum atomic E-state index is -0.846. The van der Waals surface area contributed by atoms with Crippen LogP contribution in [0.25, 0.3) is 0 Å². The summed E-state index contributed by atoms with van der Waals surface area (Å²) in [6, 6.07) is 11.1. The topological polar surface area (TPSA) is 64.3 Å². The molecule has 1 amide bonds. The van der Waals surface area contributed by atoms with Crippen LogP contribution in [-0.2, 0) is 11.3 Å². The lowest BCUT2D eigenvalue weighted by molar-refractivity contribution is 0.141. The molecule has 0 aliphatic carbocycles. The van der Waals surface area contributed by atoms with Crippen LogP contribution < -0.4 is 11.1 Å². The lowest BCUT2D eigenvalue weighted by Crippen LogP contribution is -2.24. The van der Waals surface area contributed by atoms with Gasteiger partial charge in [-0.1, -0.05) is 42.2 Å². The first kappa shape index (κ1) is 16.3. The Bertz CT molecular complexity index is 729. The summed E-state index contributed by atoms with van der Waals surface area (Å²) in [5.74, 6) is 3.07. The van der Waals surface area contributed by atoms with Gasteiger partial charge in [-0.2, -0.15) is 0 Å². The molecular formula is C17H14F2N2O2. The van der Waals surface area contributed by atoms with Crippen molar-refractivity contribution in [3.8, 4) is 11.8 Å². The number of nitrogen functional groups attached to an aromatic ring is 1. The molecule has 6 heteroatoms. The summed E-state index contributed by atoms with van der Waals surface area (Å²) in [4.78, 5) is 11.4. The number of anilines is 1. The lowest BCUT2D eigenvalue weighted by atomic mass is 10.2. The molecule has 0 fully saturated rings. The normalized spacial score (nSPS) is 9.65. The number of nitrogens with two attached hydrogens (primary N) is 1. The summed E-state index contributed by atoms with van der Waals surface area (Å²) in [5, 5.41) is 2.37.